The van der Waals surface area contributed by atoms with Crippen LogP contribution >= 0.6 is 23.6 Å². The highest BCUT2D eigenvalue weighted by Gasteiger charge is 2.16. The van der Waals surface area contributed by atoms with Gasteiger partial charge in [0.05, 0.1) is 12.1 Å². The van der Waals surface area contributed by atoms with Crippen molar-refractivity contribution in [2.24, 2.45) is 0 Å². The lowest BCUT2D eigenvalue weighted by molar-refractivity contribution is 0.0786. The van der Waals surface area contributed by atoms with E-state index in [2.05, 4.69) is 28.8 Å². The standard InChI is InChI=1S/C24H28N2O3S2/c1-24(2,27)18-8-10-21(11-9-18)29-23(30)26(4)19-6-5-7-22(16-19)28-14-13-25(3)20-12-15-31-17-20/h5-12,15-17,27H,13-14H2,1-4H3. The zero-order valence-electron chi connectivity index (χ0n) is 18.2. The predicted octanol–water partition coefficient (Wildman–Crippen LogP) is 5.29. The molecule has 2 aromatic carbocycles. The topological polar surface area (TPSA) is 45.2 Å². The number of rotatable bonds is 8. The van der Waals surface area contributed by atoms with Gasteiger partial charge in [-0.25, -0.2) is 0 Å². The third-order valence-corrected chi connectivity index (χ3v) is 5.92. The third-order valence-electron chi connectivity index (χ3n) is 4.89. The molecule has 164 valence electrons. The van der Waals surface area contributed by atoms with Gasteiger partial charge in [-0.05, 0) is 67.3 Å². The molecule has 1 N–H and O–H groups in total. The number of anilines is 2. The summed E-state index contributed by atoms with van der Waals surface area (Å²) < 4.78 is 11.8. The number of aliphatic hydroxyl groups is 1. The highest BCUT2D eigenvalue weighted by Crippen LogP contribution is 2.25. The number of benzene rings is 2. The van der Waals surface area contributed by atoms with Crippen LogP contribution in [0.15, 0.2) is 65.4 Å². The number of nitrogens with zero attached hydrogens (tertiary/aromatic N) is 2. The van der Waals surface area contributed by atoms with Gasteiger partial charge < -0.3 is 24.4 Å². The van der Waals surface area contributed by atoms with Crippen LogP contribution in [0.25, 0.3) is 0 Å². The molecular weight excluding hydrogens is 428 g/mol. The van der Waals surface area contributed by atoms with Crippen LogP contribution in [-0.2, 0) is 5.60 Å². The molecule has 0 amide bonds. The van der Waals surface area contributed by atoms with Crippen molar-refractivity contribution in [3.63, 3.8) is 0 Å². The maximum absolute atomic E-state index is 10.1. The molecule has 0 radical (unpaired) electrons. The molecule has 0 aliphatic rings. The van der Waals surface area contributed by atoms with Gasteiger partial charge in [-0.2, -0.15) is 11.3 Å². The van der Waals surface area contributed by atoms with Gasteiger partial charge in [-0.3, -0.25) is 0 Å². The summed E-state index contributed by atoms with van der Waals surface area (Å²) in [6, 6.07) is 17.1. The largest absolute Gasteiger partial charge is 0.492 e. The van der Waals surface area contributed by atoms with E-state index in [9.17, 15) is 5.11 Å². The number of ether oxygens (including phenoxy) is 2. The van der Waals surface area contributed by atoms with Crippen LogP contribution in [0.5, 0.6) is 11.5 Å². The summed E-state index contributed by atoms with van der Waals surface area (Å²) in [6.45, 7) is 4.86. The van der Waals surface area contributed by atoms with Crippen LogP contribution in [0.3, 0.4) is 0 Å². The fourth-order valence-corrected chi connectivity index (χ4v) is 3.79. The van der Waals surface area contributed by atoms with Crippen molar-refractivity contribution in [1.29, 1.82) is 0 Å². The Kier molecular flexibility index (Phi) is 7.54. The van der Waals surface area contributed by atoms with Crippen molar-refractivity contribution in [2.75, 3.05) is 37.0 Å². The summed E-state index contributed by atoms with van der Waals surface area (Å²) in [7, 11) is 3.91. The van der Waals surface area contributed by atoms with Crippen LogP contribution in [0, 0.1) is 0 Å². The smallest absolute Gasteiger partial charge is 0.269 e. The average molecular weight is 457 g/mol. The summed E-state index contributed by atoms with van der Waals surface area (Å²) in [4.78, 5) is 3.96. The Morgan fingerprint density at radius 2 is 1.77 bits per heavy atom. The molecule has 0 bridgehead atoms. The van der Waals surface area contributed by atoms with E-state index in [1.807, 2.05) is 43.4 Å². The zero-order valence-corrected chi connectivity index (χ0v) is 19.9. The minimum Gasteiger partial charge on any atom is -0.492 e. The number of hydrogen-bond acceptors (Lipinski definition) is 6. The van der Waals surface area contributed by atoms with Gasteiger partial charge in [-0.15, -0.1) is 0 Å². The Balaban J connectivity index is 1.56. The normalized spacial score (nSPS) is 11.1. The Hall–Kier alpha value is -2.61. The van der Waals surface area contributed by atoms with E-state index < -0.39 is 5.60 Å². The average Bonchev–Trinajstić information content (AvgIpc) is 3.28. The van der Waals surface area contributed by atoms with Gasteiger partial charge in [0, 0.05) is 36.9 Å². The molecule has 31 heavy (non-hydrogen) atoms. The molecular formula is C24H28N2O3S2. The summed E-state index contributed by atoms with van der Waals surface area (Å²) in [5, 5.41) is 14.6. The molecule has 0 atom stereocenters. The van der Waals surface area contributed by atoms with Gasteiger partial charge in [-0.1, -0.05) is 18.2 Å². The number of thiophene rings is 1. The minimum atomic E-state index is -0.894. The molecule has 0 unspecified atom stereocenters. The molecule has 0 saturated carbocycles. The summed E-state index contributed by atoms with van der Waals surface area (Å²) in [5.74, 6) is 1.40. The third kappa shape index (κ3) is 6.43. The van der Waals surface area contributed by atoms with E-state index in [0.29, 0.717) is 17.5 Å². The van der Waals surface area contributed by atoms with Gasteiger partial charge in [0.1, 0.15) is 18.1 Å². The summed E-state index contributed by atoms with van der Waals surface area (Å²) >= 11 is 7.15. The van der Waals surface area contributed by atoms with Crippen LogP contribution < -0.4 is 19.3 Å². The number of hydrogen-bond donors (Lipinski definition) is 1. The maximum Gasteiger partial charge on any atom is 0.269 e. The first-order valence-corrected chi connectivity index (χ1v) is 11.3. The molecule has 0 saturated heterocycles. The molecule has 5 nitrogen and oxygen atoms in total. The second-order valence-corrected chi connectivity index (χ2v) is 8.89. The molecule has 3 rings (SSSR count). The molecule has 3 aromatic rings. The molecule has 0 aliphatic heterocycles. The Morgan fingerprint density at radius 3 is 2.42 bits per heavy atom. The van der Waals surface area contributed by atoms with E-state index >= 15 is 0 Å². The predicted molar refractivity (Wildman–Crippen MR) is 133 cm³/mol. The van der Waals surface area contributed by atoms with Gasteiger partial charge >= 0.3 is 0 Å². The fourth-order valence-electron chi connectivity index (χ4n) is 2.89. The van der Waals surface area contributed by atoms with Crippen molar-refractivity contribution in [2.45, 2.75) is 19.4 Å². The summed E-state index contributed by atoms with van der Waals surface area (Å²) in [6.07, 6.45) is 0. The molecule has 0 fully saturated rings. The fraction of sp³-hybridized carbons (Fsp3) is 0.292. The molecule has 1 heterocycles. The van der Waals surface area contributed by atoms with Crippen LogP contribution in [0.2, 0.25) is 0 Å². The number of thiocarbonyl (C=S) groups is 1. The zero-order chi connectivity index (χ0) is 22.4. The van der Waals surface area contributed by atoms with E-state index in [0.717, 1.165) is 23.5 Å². The number of likely N-dealkylation sites (N-methyl/N-ethyl adjacent to an activating group) is 1. The minimum absolute atomic E-state index is 0.324. The monoisotopic (exact) mass is 456 g/mol. The van der Waals surface area contributed by atoms with Crippen molar-refractivity contribution in [1.82, 2.24) is 0 Å². The second-order valence-electron chi connectivity index (χ2n) is 7.76. The molecule has 0 aliphatic carbocycles. The van der Waals surface area contributed by atoms with Gasteiger partial charge in [0.25, 0.3) is 5.17 Å². The first-order valence-electron chi connectivity index (χ1n) is 9.99. The van der Waals surface area contributed by atoms with Crippen LogP contribution in [-0.4, -0.2) is 37.5 Å². The highest BCUT2D eigenvalue weighted by molar-refractivity contribution is 7.80. The van der Waals surface area contributed by atoms with E-state index in [1.54, 1.807) is 42.2 Å². The Labute approximate surface area is 193 Å². The van der Waals surface area contributed by atoms with Crippen molar-refractivity contribution in [3.05, 3.63) is 70.9 Å². The molecule has 7 heteroatoms. The Morgan fingerprint density at radius 1 is 1.03 bits per heavy atom. The van der Waals surface area contributed by atoms with Crippen molar-refractivity contribution in [3.8, 4) is 11.5 Å². The molecule has 1 aromatic heterocycles. The quantitative estimate of drug-likeness (QED) is 0.465. The lowest BCUT2D eigenvalue weighted by atomic mass is 9.99. The highest BCUT2D eigenvalue weighted by atomic mass is 32.1. The van der Waals surface area contributed by atoms with Crippen molar-refractivity contribution >= 4 is 40.1 Å². The first-order chi connectivity index (χ1) is 14.7. The lowest BCUT2D eigenvalue weighted by Crippen LogP contribution is -2.29. The SMILES string of the molecule is CN(CCOc1cccc(N(C)C(=S)Oc2ccc(C(C)(C)O)cc2)c1)c1ccsc1. The van der Waals surface area contributed by atoms with Crippen LogP contribution in [0.1, 0.15) is 19.4 Å². The first kappa shape index (κ1) is 23.1. The van der Waals surface area contributed by atoms with E-state index in [-0.39, 0.29) is 0 Å². The van der Waals surface area contributed by atoms with Crippen molar-refractivity contribution < 1.29 is 14.6 Å². The molecule has 0 spiro atoms. The van der Waals surface area contributed by atoms with E-state index in [4.69, 9.17) is 21.7 Å². The lowest BCUT2D eigenvalue weighted by Gasteiger charge is -2.22. The van der Waals surface area contributed by atoms with Gasteiger partial charge in [0.2, 0.25) is 0 Å². The van der Waals surface area contributed by atoms with Crippen LogP contribution in [0.4, 0.5) is 11.4 Å². The van der Waals surface area contributed by atoms with Gasteiger partial charge in [0.15, 0.2) is 0 Å². The summed E-state index contributed by atoms with van der Waals surface area (Å²) in [5.41, 5.74) is 1.99. The second kappa shape index (κ2) is 10.1. The maximum atomic E-state index is 10.1. The van der Waals surface area contributed by atoms with E-state index in [1.165, 1.54) is 5.69 Å². The Bertz CT molecular complexity index is 983.